The summed E-state index contributed by atoms with van der Waals surface area (Å²) in [5.74, 6) is 0.0233. The highest BCUT2D eigenvalue weighted by Crippen LogP contribution is 2.23. The minimum atomic E-state index is -2.96. The van der Waals surface area contributed by atoms with Crippen molar-refractivity contribution in [2.24, 2.45) is 5.92 Å². The molecule has 2 aliphatic rings. The zero-order chi connectivity index (χ0) is 17.0. The second-order valence-electron chi connectivity index (χ2n) is 7.18. The summed E-state index contributed by atoms with van der Waals surface area (Å²) in [5.41, 5.74) is 0. The van der Waals surface area contributed by atoms with E-state index in [4.69, 9.17) is 0 Å². The van der Waals surface area contributed by atoms with Gasteiger partial charge in [0.1, 0.15) is 6.10 Å². The lowest BCUT2D eigenvalue weighted by Crippen LogP contribution is -2.45. The van der Waals surface area contributed by atoms with Crippen LogP contribution in [0.5, 0.6) is 0 Å². The van der Waals surface area contributed by atoms with E-state index < -0.39 is 15.9 Å². The summed E-state index contributed by atoms with van der Waals surface area (Å²) < 4.78 is 23.6. The molecule has 134 valence electrons. The van der Waals surface area contributed by atoms with Gasteiger partial charge in [0.25, 0.3) is 0 Å². The van der Waals surface area contributed by atoms with E-state index in [0.29, 0.717) is 6.42 Å². The molecule has 1 saturated heterocycles. The van der Waals surface area contributed by atoms with Crippen LogP contribution in [0.2, 0.25) is 0 Å². The van der Waals surface area contributed by atoms with Crippen molar-refractivity contribution < 1.29 is 18.3 Å². The van der Waals surface area contributed by atoms with Crippen LogP contribution < -0.4 is 5.32 Å². The van der Waals surface area contributed by atoms with Gasteiger partial charge in [-0.3, -0.25) is 4.79 Å². The Morgan fingerprint density at radius 2 is 1.83 bits per heavy atom. The van der Waals surface area contributed by atoms with Gasteiger partial charge < -0.3 is 15.3 Å². The Balaban J connectivity index is 1.66. The number of likely N-dealkylation sites (tertiary alicyclic amines) is 1. The number of hydrogen-bond acceptors (Lipinski definition) is 5. The molecule has 0 bridgehead atoms. The first-order chi connectivity index (χ1) is 10.8. The number of amides is 1. The number of carbonyl (C=O) groups is 1. The van der Waals surface area contributed by atoms with Crippen LogP contribution in [0.1, 0.15) is 46.0 Å². The maximum atomic E-state index is 11.9. The smallest absolute Gasteiger partial charge is 0.249 e. The van der Waals surface area contributed by atoms with Crippen molar-refractivity contribution in [2.45, 2.75) is 63.3 Å². The topological polar surface area (TPSA) is 86.7 Å². The van der Waals surface area contributed by atoms with Crippen molar-refractivity contribution in [1.82, 2.24) is 10.2 Å². The molecule has 1 amide bonds. The van der Waals surface area contributed by atoms with Crippen LogP contribution in [0.15, 0.2) is 0 Å². The van der Waals surface area contributed by atoms with Crippen LogP contribution in [-0.4, -0.2) is 67.1 Å². The average Bonchev–Trinajstić information content (AvgIpc) is 3.31. The van der Waals surface area contributed by atoms with Gasteiger partial charge in [0.05, 0.1) is 11.0 Å². The molecule has 0 aromatic carbocycles. The molecule has 1 atom stereocenters. The molecule has 2 N–H and O–H groups in total. The van der Waals surface area contributed by atoms with Gasteiger partial charge in [-0.1, -0.05) is 0 Å². The Kier molecular flexibility index (Phi) is 6.45. The first kappa shape index (κ1) is 18.7. The van der Waals surface area contributed by atoms with Gasteiger partial charge in [0, 0.05) is 6.04 Å². The summed E-state index contributed by atoms with van der Waals surface area (Å²) in [6, 6.07) is 0.278. The first-order valence-electron chi connectivity index (χ1n) is 8.72. The second-order valence-corrected chi connectivity index (χ2v) is 9.85. The third-order valence-electron chi connectivity index (χ3n) is 4.89. The maximum absolute atomic E-state index is 11.9. The number of carbonyl (C=O) groups excluding carboxylic acids is 1. The van der Waals surface area contributed by atoms with E-state index in [0.717, 1.165) is 45.3 Å². The Morgan fingerprint density at radius 1 is 1.22 bits per heavy atom. The molecule has 0 spiro atoms. The van der Waals surface area contributed by atoms with Crippen LogP contribution in [0, 0.1) is 5.92 Å². The molecule has 0 unspecified atom stereocenters. The van der Waals surface area contributed by atoms with Crippen molar-refractivity contribution in [3.63, 3.8) is 0 Å². The quantitative estimate of drug-likeness (QED) is 0.670. The van der Waals surface area contributed by atoms with Crippen molar-refractivity contribution in [3.05, 3.63) is 0 Å². The molecule has 1 saturated carbocycles. The molecule has 7 heteroatoms. The summed E-state index contributed by atoms with van der Waals surface area (Å²) in [5, 5.41) is 12.7. The standard InChI is InChI=1S/C16H30N2O4S/c1-12(2)23(21,22)11-3-8-18-9-6-13(7-10-18)15(19)16(20)17-14-4-5-14/h12-15,19H,3-11H2,1-2H3,(H,17,20)/t15-/m0/s1. The number of nitrogens with zero attached hydrogens (tertiary/aromatic N) is 1. The van der Waals surface area contributed by atoms with Crippen molar-refractivity contribution in [1.29, 1.82) is 0 Å². The van der Waals surface area contributed by atoms with E-state index in [9.17, 15) is 18.3 Å². The number of aliphatic hydroxyl groups is 1. The van der Waals surface area contributed by atoms with Crippen molar-refractivity contribution in [2.75, 3.05) is 25.4 Å². The van der Waals surface area contributed by atoms with E-state index in [1.54, 1.807) is 13.8 Å². The molecule has 0 radical (unpaired) electrons. The van der Waals surface area contributed by atoms with E-state index in [1.807, 2.05) is 0 Å². The molecule has 1 heterocycles. The van der Waals surface area contributed by atoms with E-state index in [1.165, 1.54) is 0 Å². The molecule has 2 rings (SSSR count). The molecular weight excluding hydrogens is 316 g/mol. The van der Waals surface area contributed by atoms with Crippen LogP contribution >= 0.6 is 0 Å². The first-order valence-corrected chi connectivity index (χ1v) is 10.4. The summed E-state index contributed by atoms with van der Waals surface area (Å²) >= 11 is 0. The van der Waals surface area contributed by atoms with Crippen molar-refractivity contribution in [3.8, 4) is 0 Å². The van der Waals surface area contributed by atoms with Crippen LogP contribution in [-0.2, 0) is 14.6 Å². The number of piperidine rings is 1. The SMILES string of the molecule is CC(C)S(=O)(=O)CCCN1CCC([C@H](O)C(=O)NC2CC2)CC1. The summed E-state index contributed by atoms with van der Waals surface area (Å²) in [6.07, 6.45) is 3.37. The molecule has 0 aromatic rings. The highest BCUT2D eigenvalue weighted by Gasteiger charge is 2.32. The summed E-state index contributed by atoms with van der Waals surface area (Å²) in [7, 11) is -2.96. The minimum Gasteiger partial charge on any atom is -0.383 e. The highest BCUT2D eigenvalue weighted by atomic mass is 32.2. The average molecular weight is 346 g/mol. The number of rotatable bonds is 8. The van der Waals surface area contributed by atoms with Gasteiger partial charge in [-0.15, -0.1) is 0 Å². The van der Waals surface area contributed by atoms with Crippen LogP contribution in [0.3, 0.4) is 0 Å². The number of hydrogen-bond donors (Lipinski definition) is 2. The summed E-state index contributed by atoms with van der Waals surface area (Å²) in [4.78, 5) is 14.1. The molecule has 2 fully saturated rings. The Bertz CT molecular complexity index is 494. The van der Waals surface area contributed by atoms with Gasteiger partial charge in [0.2, 0.25) is 5.91 Å². The van der Waals surface area contributed by atoms with E-state index in [-0.39, 0.29) is 28.9 Å². The maximum Gasteiger partial charge on any atom is 0.249 e. The van der Waals surface area contributed by atoms with Gasteiger partial charge >= 0.3 is 0 Å². The van der Waals surface area contributed by atoms with Gasteiger partial charge in [-0.05, 0) is 71.5 Å². The molecular formula is C16H30N2O4S. The second kappa shape index (κ2) is 7.94. The zero-order valence-electron chi connectivity index (χ0n) is 14.2. The fraction of sp³-hybridized carbons (Fsp3) is 0.938. The fourth-order valence-corrected chi connectivity index (χ4v) is 3.95. The lowest BCUT2D eigenvalue weighted by Gasteiger charge is -2.33. The predicted octanol–water partition coefficient (Wildman–Crippen LogP) is 0.551. The van der Waals surface area contributed by atoms with Gasteiger partial charge in [-0.25, -0.2) is 8.42 Å². The molecule has 1 aliphatic heterocycles. The third kappa shape index (κ3) is 5.72. The Morgan fingerprint density at radius 3 is 2.35 bits per heavy atom. The summed E-state index contributed by atoms with van der Waals surface area (Å²) in [6.45, 7) is 5.84. The monoisotopic (exact) mass is 346 g/mol. The molecule has 23 heavy (non-hydrogen) atoms. The largest absolute Gasteiger partial charge is 0.383 e. The number of nitrogens with one attached hydrogen (secondary N) is 1. The van der Waals surface area contributed by atoms with E-state index >= 15 is 0 Å². The highest BCUT2D eigenvalue weighted by molar-refractivity contribution is 7.91. The lowest BCUT2D eigenvalue weighted by molar-refractivity contribution is -0.133. The third-order valence-corrected chi connectivity index (χ3v) is 7.19. The minimum absolute atomic E-state index is 0.0180. The van der Waals surface area contributed by atoms with Gasteiger partial charge in [-0.2, -0.15) is 0 Å². The molecule has 1 aliphatic carbocycles. The predicted molar refractivity (Wildman–Crippen MR) is 89.9 cm³/mol. The fourth-order valence-electron chi connectivity index (χ4n) is 2.95. The molecule has 6 nitrogen and oxygen atoms in total. The Labute approximate surface area is 139 Å². The van der Waals surface area contributed by atoms with Crippen LogP contribution in [0.4, 0.5) is 0 Å². The van der Waals surface area contributed by atoms with Crippen molar-refractivity contribution >= 4 is 15.7 Å². The number of sulfone groups is 1. The van der Waals surface area contributed by atoms with Crippen LogP contribution in [0.25, 0.3) is 0 Å². The number of aliphatic hydroxyl groups excluding tert-OH is 1. The zero-order valence-corrected chi connectivity index (χ0v) is 15.0. The normalized spacial score (nSPS) is 22.3. The molecule has 0 aromatic heterocycles. The van der Waals surface area contributed by atoms with Gasteiger partial charge in [0.15, 0.2) is 9.84 Å². The Hall–Kier alpha value is -0.660. The van der Waals surface area contributed by atoms with E-state index in [2.05, 4.69) is 10.2 Å². The lowest BCUT2D eigenvalue weighted by atomic mass is 9.90.